The minimum Gasteiger partial charge on any atom is -0.370 e. The average molecular weight is 455 g/mol. The molecule has 0 bridgehead atoms. The molecule has 0 atom stereocenters. The zero-order valence-corrected chi connectivity index (χ0v) is 16.4. The Hall–Kier alpha value is -1.71. The quantitative estimate of drug-likeness (QED) is 0.533. The molecular weight excluding hydrogens is 433 g/mol. The second kappa shape index (κ2) is 8.11. The van der Waals surface area contributed by atoms with E-state index in [2.05, 4.69) is 47.7 Å². The number of aryl methyl sites for hydroxylation is 1. The predicted molar refractivity (Wildman–Crippen MR) is 107 cm³/mol. The van der Waals surface area contributed by atoms with Crippen molar-refractivity contribution < 1.29 is 0 Å². The van der Waals surface area contributed by atoms with Crippen molar-refractivity contribution >= 4 is 28.3 Å². The molecule has 1 aliphatic rings. The number of rotatable bonds is 5. The van der Waals surface area contributed by atoms with Crippen molar-refractivity contribution in [1.82, 2.24) is 20.2 Å². The van der Waals surface area contributed by atoms with Crippen LogP contribution in [0.2, 0.25) is 0 Å². The molecule has 0 aliphatic carbocycles. The number of piperidine rings is 1. The van der Waals surface area contributed by atoms with Crippen molar-refractivity contribution in [2.24, 2.45) is 5.92 Å². The SMILES string of the molecule is Cc1nnc(-c2c[nH]c(=O)[nH]c2=O)cc1N1CCC(CCCI)CC1. The molecule has 1 saturated heterocycles. The smallest absolute Gasteiger partial charge is 0.325 e. The minimum absolute atomic E-state index is 0.324. The van der Waals surface area contributed by atoms with E-state index in [1.54, 1.807) is 0 Å². The van der Waals surface area contributed by atoms with Gasteiger partial charge in [-0.3, -0.25) is 9.78 Å². The fourth-order valence-electron chi connectivity index (χ4n) is 3.32. The molecular formula is C17H22IN5O2. The molecule has 2 aromatic rings. The predicted octanol–water partition coefficient (Wildman–Crippen LogP) is 2.26. The van der Waals surface area contributed by atoms with Gasteiger partial charge in [-0.2, -0.15) is 5.10 Å². The van der Waals surface area contributed by atoms with Crippen LogP contribution in [0.5, 0.6) is 0 Å². The molecule has 134 valence electrons. The highest BCUT2D eigenvalue weighted by molar-refractivity contribution is 14.1. The van der Waals surface area contributed by atoms with E-state index in [9.17, 15) is 9.59 Å². The number of anilines is 1. The Morgan fingerprint density at radius 2 is 2.04 bits per heavy atom. The summed E-state index contributed by atoms with van der Waals surface area (Å²) in [5.41, 5.74) is 1.70. The molecule has 3 rings (SSSR count). The van der Waals surface area contributed by atoms with Crippen LogP contribution < -0.4 is 16.1 Å². The zero-order valence-electron chi connectivity index (χ0n) is 14.2. The van der Waals surface area contributed by atoms with E-state index >= 15 is 0 Å². The summed E-state index contributed by atoms with van der Waals surface area (Å²) >= 11 is 2.44. The molecule has 0 unspecified atom stereocenters. The lowest BCUT2D eigenvalue weighted by atomic mass is 9.92. The summed E-state index contributed by atoms with van der Waals surface area (Å²) in [5.74, 6) is 0.808. The number of halogens is 1. The summed E-state index contributed by atoms with van der Waals surface area (Å²) in [4.78, 5) is 30.2. The molecule has 0 spiro atoms. The summed E-state index contributed by atoms with van der Waals surface area (Å²) in [6.45, 7) is 3.94. The van der Waals surface area contributed by atoms with Gasteiger partial charge in [0.25, 0.3) is 5.56 Å². The van der Waals surface area contributed by atoms with E-state index in [0.29, 0.717) is 11.3 Å². The fraction of sp³-hybridized carbons (Fsp3) is 0.529. The minimum atomic E-state index is -0.525. The molecule has 0 aromatic carbocycles. The van der Waals surface area contributed by atoms with Crippen LogP contribution in [0.3, 0.4) is 0 Å². The van der Waals surface area contributed by atoms with Crippen molar-refractivity contribution in [2.75, 3.05) is 22.4 Å². The Bertz CT molecular complexity index is 839. The first-order valence-corrected chi connectivity index (χ1v) is 10.1. The third kappa shape index (κ3) is 4.28. The molecule has 7 nitrogen and oxygen atoms in total. The van der Waals surface area contributed by atoms with Crippen molar-refractivity contribution in [1.29, 1.82) is 0 Å². The number of nitrogens with one attached hydrogen (secondary N) is 2. The van der Waals surface area contributed by atoms with Crippen LogP contribution >= 0.6 is 22.6 Å². The van der Waals surface area contributed by atoms with E-state index in [4.69, 9.17) is 0 Å². The number of hydrogen-bond acceptors (Lipinski definition) is 5. The molecule has 0 saturated carbocycles. The van der Waals surface area contributed by atoms with E-state index in [1.807, 2.05) is 13.0 Å². The van der Waals surface area contributed by atoms with Gasteiger partial charge in [0.15, 0.2) is 0 Å². The van der Waals surface area contributed by atoms with Gasteiger partial charge in [-0.25, -0.2) is 4.79 Å². The van der Waals surface area contributed by atoms with Crippen molar-refractivity contribution in [3.05, 3.63) is 38.8 Å². The Labute approximate surface area is 159 Å². The zero-order chi connectivity index (χ0) is 17.8. The van der Waals surface area contributed by atoms with Crippen LogP contribution in [-0.4, -0.2) is 37.7 Å². The maximum absolute atomic E-state index is 12.0. The highest BCUT2D eigenvalue weighted by Gasteiger charge is 2.21. The fourth-order valence-corrected chi connectivity index (χ4v) is 3.76. The number of aromatic nitrogens is 4. The molecule has 1 fully saturated rings. The number of alkyl halides is 1. The van der Waals surface area contributed by atoms with E-state index in [0.717, 1.165) is 30.4 Å². The molecule has 1 aliphatic heterocycles. The lowest BCUT2D eigenvalue weighted by Crippen LogP contribution is -2.34. The standard InChI is InChI=1S/C17H22IN5O2/c1-11-15(23-7-4-12(5-8-23)3-2-6-18)9-14(22-21-11)13-10-19-17(25)20-16(13)24/h9-10,12H,2-8H2,1H3,(H2,19,20,24,25). The second-order valence-electron chi connectivity index (χ2n) is 6.45. The van der Waals surface area contributed by atoms with Gasteiger partial charge in [0, 0.05) is 19.3 Å². The van der Waals surface area contributed by atoms with Gasteiger partial charge >= 0.3 is 5.69 Å². The Balaban J connectivity index is 1.81. The highest BCUT2D eigenvalue weighted by atomic mass is 127. The van der Waals surface area contributed by atoms with Gasteiger partial charge in [-0.05, 0) is 49.0 Å². The Kier molecular flexibility index (Phi) is 5.87. The topological polar surface area (TPSA) is 94.7 Å². The molecule has 2 N–H and O–H groups in total. The first kappa shape index (κ1) is 18.1. The summed E-state index contributed by atoms with van der Waals surface area (Å²) in [6.07, 6.45) is 6.36. The van der Waals surface area contributed by atoms with E-state index in [1.165, 1.54) is 36.3 Å². The van der Waals surface area contributed by atoms with E-state index in [-0.39, 0.29) is 0 Å². The van der Waals surface area contributed by atoms with Crippen LogP contribution in [0, 0.1) is 12.8 Å². The molecule has 8 heteroatoms. The average Bonchev–Trinajstić information content (AvgIpc) is 2.61. The van der Waals surface area contributed by atoms with Crippen LogP contribution in [0.15, 0.2) is 21.9 Å². The monoisotopic (exact) mass is 455 g/mol. The number of nitrogens with zero attached hydrogens (tertiary/aromatic N) is 3. The number of H-pyrrole nitrogens is 2. The Morgan fingerprint density at radius 3 is 2.72 bits per heavy atom. The molecule has 25 heavy (non-hydrogen) atoms. The second-order valence-corrected chi connectivity index (χ2v) is 7.53. The largest absolute Gasteiger partial charge is 0.370 e. The summed E-state index contributed by atoms with van der Waals surface area (Å²) in [6, 6.07) is 1.90. The molecule has 2 aromatic heterocycles. The summed E-state index contributed by atoms with van der Waals surface area (Å²) < 4.78 is 1.22. The van der Waals surface area contributed by atoms with Gasteiger partial charge in [-0.1, -0.05) is 22.6 Å². The third-order valence-corrected chi connectivity index (χ3v) is 5.51. The van der Waals surface area contributed by atoms with Gasteiger partial charge in [0.1, 0.15) is 5.69 Å². The number of aromatic amines is 2. The first-order valence-electron chi connectivity index (χ1n) is 8.56. The maximum atomic E-state index is 12.0. The summed E-state index contributed by atoms with van der Waals surface area (Å²) in [5, 5.41) is 8.36. The van der Waals surface area contributed by atoms with Crippen molar-refractivity contribution in [3.63, 3.8) is 0 Å². The molecule has 0 radical (unpaired) electrons. The summed E-state index contributed by atoms with van der Waals surface area (Å²) in [7, 11) is 0. The third-order valence-electron chi connectivity index (χ3n) is 4.75. The van der Waals surface area contributed by atoms with E-state index < -0.39 is 11.2 Å². The van der Waals surface area contributed by atoms with Gasteiger partial charge in [0.2, 0.25) is 0 Å². The Morgan fingerprint density at radius 1 is 1.28 bits per heavy atom. The highest BCUT2D eigenvalue weighted by Crippen LogP contribution is 2.29. The number of hydrogen-bond donors (Lipinski definition) is 2. The lowest BCUT2D eigenvalue weighted by molar-refractivity contribution is 0.380. The van der Waals surface area contributed by atoms with Gasteiger partial charge < -0.3 is 9.88 Å². The van der Waals surface area contributed by atoms with Crippen LogP contribution in [0.4, 0.5) is 5.69 Å². The van der Waals surface area contributed by atoms with Crippen LogP contribution in [0.25, 0.3) is 11.3 Å². The normalized spacial score (nSPS) is 15.5. The molecule has 0 amide bonds. The van der Waals surface area contributed by atoms with Crippen molar-refractivity contribution in [2.45, 2.75) is 32.6 Å². The lowest BCUT2D eigenvalue weighted by Gasteiger charge is -2.34. The van der Waals surface area contributed by atoms with Crippen molar-refractivity contribution in [3.8, 4) is 11.3 Å². The first-order chi connectivity index (χ1) is 12.1. The van der Waals surface area contributed by atoms with Crippen LogP contribution in [-0.2, 0) is 0 Å². The van der Waals surface area contributed by atoms with Crippen LogP contribution in [0.1, 0.15) is 31.4 Å². The van der Waals surface area contributed by atoms with Gasteiger partial charge in [0.05, 0.1) is 16.9 Å². The maximum Gasteiger partial charge on any atom is 0.325 e. The molecule has 3 heterocycles. The van der Waals surface area contributed by atoms with Gasteiger partial charge in [-0.15, -0.1) is 5.10 Å².